The average Bonchev–Trinajstić information content (AvgIpc) is 2.48. The molecule has 3 nitrogen and oxygen atoms in total. The molecule has 0 amide bonds. The summed E-state index contributed by atoms with van der Waals surface area (Å²) in [7, 11) is 0. The molecule has 14 heavy (non-hydrogen) atoms. The van der Waals surface area contributed by atoms with E-state index in [1.54, 1.807) is 0 Å². The Kier molecular flexibility index (Phi) is 2.54. The lowest BCUT2D eigenvalue weighted by molar-refractivity contribution is -0.0420. The maximum Gasteiger partial charge on any atom is 0.120 e. The second-order valence-corrected chi connectivity index (χ2v) is 3.80. The zero-order chi connectivity index (χ0) is 10.0. The van der Waals surface area contributed by atoms with E-state index >= 15 is 0 Å². The van der Waals surface area contributed by atoms with Gasteiger partial charge >= 0.3 is 0 Å². The van der Waals surface area contributed by atoms with Gasteiger partial charge in [-0.2, -0.15) is 0 Å². The van der Waals surface area contributed by atoms with Crippen molar-refractivity contribution in [2.75, 3.05) is 13.2 Å². The summed E-state index contributed by atoms with van der Waals surface area (Å²) in [5.41, 5.74) is -0.0963. The molecule has 76 valence electrons. The summed E-state index contributed by atoms with van der Waals surface area (Å²) >= 11 is 0. The topological polar surface area (TPSA) is 49.7 Å². The number of hydrogen-bond donors (Lipinski definition) is 2. The van der Waals surface area contributed by atoms with Crippen LogP contribution in [0.15, 0.2) is 30.3 Å². The molecule has 0 bridgehead atoms. The third-order valence-electron chi connectivity index (χ3n) is 2.60. The van der Waals surface area contributed by atoms with Crippen molar-refractivity contribution in [3.05, 3.63) is 35.9 Å². The number of rotatable bonds is 2. The van der Waals surface area contributed by atoms with Crippen LogP contribution in [0, 0.1) is 0 Å². The Morgan fingerprint density at radius 2 is 2.07 bits per heavy atom. The van der Waals surface area contributed by atoms with Crippen molar-refractivity contribution < 1.29 is 14.9 Å². The minimum absolute atomic E-state index is 0.211. The number of ether oxygens (including phenoxy) is 1. The summed E-state index contributed by atoms with van der Waals surface area (Å²) in [5.74, 6) is 0. The Labute approximate surface area is 83.0 Å². The lowest BCUT2D eigenvalue weighted by Crippen LogP contribution is -2.43. The van der Waals surface area contributed by atoms with Crippen molar-refractivity contribution >= 4 is 0 Å². The molecule has 2 N–H and O–H groups in total. The van der Waals surface area contributed by atoms with E-state index in [9.17, 15) is 10.2 Å². The van der Waals surface area contributed by atoms with Gasteiger partial charge in [-0.25, -0.2) is 0 Å². The van der Waals surface area contributed by atoms with Crippen molar-refractivity contribution in [1.29, 1.82) is 0 Å². The highest BCUT2D eigenvalue weighted by Gasteiger charge is 2.41. The monoisotopic (exact) mass is 194 g/mol. The fourth-order valence-corrected chi connectivity index (χ4v) is 1.72. The summed E-state index contributed by atoms with van der Waals surface area (Å²) in [6.45, 7) is 0.437. The van der Waals surface area contributed by atoms with Gasteiger partial charge in [-0.1, -0.05) is 30.3 Å². The molecule has 1 aromatic carbocycles. The van der Waals surface area contributed by atoms with Crippen LogP contribution in [-0.2, 0) is 11.2 Å². The molecule has 1 aliphatic heterocycles. The van der Waals surface area contributed by atoms with E-state index in [-0.39, 0.29) is 13.2 Å². The van der Waals surface area contributed by atoms with Crippen LogP contribution in [0.4, 0.5) is 0 Å². The molecular weight excluding hydrogens is 180 g/mol. The Morgan fingerprint density at radius 1 is 1.36 bits per heavy atom. The molecule has 1 aromatic rings. The normalized spacial score (nSPS) is 32.0. The van der Waals surface area contributed by atoms with Crippen LogP contribution in [-0.4, -0.2) is 35.1 Å². The second kappa shape index (κ2) is 3.69. The average molecular weight is 194 g/mol. The first-order chi connectivity index (χ1) is 6.71. The number of benzene rings is 1. The molecule has 0 saturated carbocycles. The van der Waals surface area contributed by atoms with Gasteiger partial charge < -0.3 is 14.9 Å². The highest BCUT2D eigenvalue weighted by atomic mass is 16.5. The van der Waals surface area contributed by atoms with Gasteiger partial charge in [0.05, 0.1) is 13.2 Å². The van der Waals surface area contributed by atoms with Crippen molar-refractivity contribution in [2.45, 2.75) is 18.1 Å². The largest absolute Gasteiger partial charge is 0.388 e. The van der Waals surface area contributed by atoms with E-state index in [4.69, 9.17) is 4.74 Å². The van der Waals surface area contributed by atoms with Crippen molar-refractivity contribution in [3.63, 3.8) is 0 Å². The minimum Gasteiger partial charge on any atom is -0.388 e. The zero-order valence-electron chi connectivity index (χ0n) is 7.89. The van der Waals surface area contributed by atoms with Crippen LogP contribution in [0.2, 0.25) is 0 Å². The van der Waals surface area contributed by atoms with Gasteiger partial charge in [0.1, 0.15) is 11.7 Å². The summed E-state index contributed by atoms with van der Waals surface area (Å²) in [6.07, 6.45) is -0.336. The van der Waals surface area contributed by atoms with Crippen LogP contribution in [0.25, 0.3) is 0 Å². The van der Waals surface area contributed by atoms with Gasteiger partial charge in [-0.05, 0) is 5.56 Å². The quantitative estimate of drug-likeness (QED) is 0.714. The highest BCUT2D eigenvalue weighted by molar-refractivity contribution is 5.18. The van der Waals surface area contributed by atoms with E-state index in [0.717, 1.165) is 5.56 Å². The molecule has 3 heteroatoms. The van der Waals surface area contributed by atoms with Crippen LogP contribution < -0.4 is 0 Å². The summed E-state index contributed by atoms with van der Waals surface area (Å²) < 4.78 is 5.04. The van der Waals surface area contributed by atoms with Crippen LogP contribution >= 0.6 is 0 Å². The van der Waals surface area contributed by atoms with Gasteiger partial charge in [-0.3, -0.25) is 0 Å². The first-order valence-corrected chi connectivity index (χ1v) is 4.73. The molecule has 1 saturated heterocycles. The fraction of sp³-hybridized carbons (Fsp3) is 0.455. The third-order valence-corrected chi connectivity index (χ3v) is 2.60. The molecule has 0 spiro atoms. The molecule has 0 unspecified atom stereocenters. The number of hydrogen-bond acceptors (Lipinski definition) is 3. The fourth-order valence-electron chi connectivity index (χ4n) is 1.72. The van der Waals surface area contributed by atoms with Crippen LogP contribution in [0.1, 0.15) is 5.56 Å². The smallest absolute Gasteiger partial charge is 0.120 e. The summed E-state index contributed by atoms with van der Waals surface area (Å²) in [5, 5.41) is 19.6. The molecule has 0 aliphatic carbocycles. The van der Waals surface area contributed by atoms with E-state index in [1.165, 1.54) is 0 Å². The molecule has 0 aromatic heterocycles. The van der Waals surface area contributed by atoms with Crippen molar-refractivity contribution in [3.8, 4) is 0 Å². The minimum atomic E-state index is -1.11. The van der Waals surface area contributed by atoms with E-state index in [1.807, 2.05) is 30.3 Å². The predicted octanol–water partition coefficient (Wildman–Crippen LogP) is 0.351. The Morgan fingerprint density at radius 3 is 2.64 bits per heavy atom. The maximum atomic E-state index is 10.0. The molecule has 0 radical (unpaired) electrons. The second-order valence-electron chi connectivity index (χ2n) is 3.80. The standard InChI is InChI=1S/C11H14O3/c12-10-7-14-8-11(10,13)6-9-4-2-1-3-5-9/h1-5,10,12-13H,6-8H2/t10-,11+/m1/s1. The molecule has 2 rings (SSSR count). The molecule has 1 heterocycles. The highest BCUT2D eigenvalue weighted by Crippen LogP contribution is 2.23. The molecular formula is C11H14O3. The summed E-state index contributed by atoms with van der Waals surface area (Å²) in [6, 6.07) is 9.63. The summed E-state index contributed by atoms with van der Waals surface area (Å²) in [4.78, 5) is 0. The van der Waals surface area contributed by atoms with Crippen LogP contribution in [0.3, 0.4) is 0 Å². The Hall–Kier alpha value is -0.900. The van der Waals surface area contributed by atoms with E-state index in [0.29, 0.717) is 6.42 Å². The Bertz CT molecular complexity index is 299. The first-order valence-electron chi connectivity index (χ1n) is 4.73. The SMILES string of the molecule is O[C@@H]1COC[C@@]1(O)Cc1ccccc1. The maximum absolute atomic E-state index is 10.0. The van der Waals surface area contributed by atoms with Crippen LogP contribution in [0.5, 0.6) is 0 Å². The lowest BCUT2D eigenvalue weighted by atomic mass is 9.92. The van der Waals surface area contributed by atoms with Crippen molar-refractivity contribution in [1.82, 2.24) is 0 Å². The number of aliphatic hydroxyl groups is 2. The van der Waals surface area contributed by atoms with Gasteiger partial charge in [0.25, 0.3) is 0 Å². The van der Waals surface area contributed by atoms with Gasteiger partial charge in [0.15, 0.2) is 0 Å². The van der Waals surface area contributed by atoms with Gasteiger partial charge in [0, 0.05) is 6.42 Å². The molecule has 2 atom stereocenters. The Balaban J connectivity index is 2.10. The molecule has 1 fully saturated rings. The van der Waals surface area contributed by atoms with Gasteiger partial charge in [-0.15, -0.1) is 0 Å². The third kappa shape index (κ3) is 1.80. The number of aliphatic hydroxyl groups excluding tert-OH is 1. The lowest BCUT2D eigenvalue weighted by Gasteiger charge is -2.24. The predicted molar refractivity (Wildman–Crippen MR) is 51.9 cm³/mol. The van der Waals surface area contributed by atoms with Gasteiger partial charge in [0.2, 0.25) is 0 Å². The first kappa shape index (κ1) is 9.65. The zero-order valence-corrected chi connectivity index (χ0v) is 7.89. The van der Waals surface area contributed by atoms with Crippen molar-refractivity contribution in [2.24, 2.45) is 0 Å². The van der Waals surface area contributed by atoms with E-state index < -0.39 is 11.7 Å². The molecule has 1 aliphatic rings. The van der Waals surface area contributed by atoms with E-state index in [2.05, 4.69) is 0 Å².